The molecule has 0 aromatic heterocycles. The van der Waals surface area contributed by atoms with E-state index in [1.165, 1.54) is 11.0 Å². The first-order valence-electron chi connectivity index (χ1n) is 6.61. The van der Waals surface area contributed by atoms with Gasteiger partial charge in [0.1, 0.15) is 18.4 Å². The van der Waals surface area contributed by atoms with Crippen molar-refractivity contribution < 1.29 is 19.1 Å². The largest absolute Gasteiger partial charge is 0.445 e. The van der Waals surface area contributed by atoms with Crippen molar-refractivity contribution in [3.63, 3.8) is 0 Å². The minimum atomic E-state index is -0.877. The van der Waals surface area contributed by atoms with Crippen molar-refractivity contribution in [3.05, 3.63) is 12.7 Å². The number of hydrogen-bond acceptors (Lipinski definition) is 4. The van der Waals surface area contributed by atoms with Crippen LogP contribution in [0.3, 0.4) is 0 Å². The Balaban J connectivity index is 2.87. The molecule has 1 unspecified atom stereocenters. The van der Waals surface area contributed by atoms with Gasteiger partial charge in [0, 0.05) is 5.54 Å². The molecule has 0 saturated carbocycles. The van der Waals surface area contributed by atoms with Gasteiger partial charge in [0.25, 0.3) is 0 Å². The Morgan fingerprint density at radius 3 is 2.60 bits per heavy atom. The van der Waals surface area contributed by atoms with Crippen LogP contribution in [0.4, 0.5) is 4.79 Å². The number of ether oxygens (including phenoxy) is 2. The summed E-state index contributed by atoms with van der Waals surface area (Å²) in [6.45, 7) is 12.8. The van der Waals surface area contributed by atoms with E-state index < -0.39 is 17.9 Å². The number of hydrogen-bond donors (Lipinski definition) is 1. The molecule has 114 valence electrons. The average Bonchev–Trinajstić information content (AvgIpc) is 2.59. The fourth-order valence-electron chi connectivity index (χ4n) is 1.99. The second kappa shape index (κ2) is 5.83. The molecule has 0 spiro atoms. The van der Waals surface area contributed by atoms with Crippen molar-refractivity contribution in [1.82, 2.24) is 10.2 Å². The minimum Gasteiger partial charge on any atom is -0.445 e. The highest BCUT2D eigenvalue weighted by molar-refractivity contribution is 5.87. The summed E-state index contributed by atoms with van der Waals surface area (Å²) in [5, 5.41) is 2.85. The first-order chi connectivity index (χ1) is 9.08. The van der Waals surface area contributed by atoms with E-state index in [9.17, 15) is 9.59 Å². The molecule has 6 nitrogen and oxygen atoms in total. The molecule has 1 fully saturated rings. The molecular formula is C14H24N2O4. The molecule has 1 heterocycles. The van der Waals surface area contributed by atoms with Crippen LogP contribution < -0.4 is 5.32 Å². The molecule has 1 saturated heterocycles. The standard InChI is InChI=1S/C14H24N2O4/c1-7-8-19-12(18)16-10(9-20-14(16,5)6)11(17)15-13(2,3)4/h7,10H,1,8-9H2,2-6H3,(H,15,17). The zero-order valence-corrected chi connectivity index (χ0v) is 12.9. The lowest BCUT2D eigenvalue weighted by Crippen LogP contribution is -2.56. The third-order valence-electron chi connectivity index (χ3n) is 2.81. The Hall–Kier alpha value is -1.56. The summed E-state index contributed by atoms with van der Waals surface area (Å²) in [4.78, 5) is 25.7. The van der Waals surface area contributed by atoms with Crippen LogP contribution in [0.25, 0.3) is 0 Å². The quantitative estimate of drug-likeness (QED) is 0.800. The van der Waals surface area contributed by atoms with Crippen LogP contribution in [0, 0.1) is 0 Å². The molecule has 1 N–H and O–H groups in total. The number of carbonyl (C=O) groups is 2. The summed E-state index contributed by atoms with van der Waals surface area (Å²) in [5.41, 5.74) is -1.25. The van der Waals surface area contributed by atoms with Gasteiger partial charge in [-0.3, -0.25) is 9.69 Å². The Bertz CT molecular complexity index is 398. The second-order valence-electron chi connectivity index (χ2n) is 6.25. The molecular weight excluding hydrogens is 260 g/mol. The fraction of sp³-hybridized carbons (Fsp3) is 0.714. The zero-order valence-electron chi connectivity index (χ0n) is 12.9. The summed E-state index contributed by atoms with van der Waals surface area (Å²) >= 11 is 0. The predicted octanol–water partition coefficient (Wildman–Crippen LogP) is 1.66. The number of carbonyl (C=O) groups excluding carboxylic acids is 2. The van der Waals surface area contributed by atoms with Gasteiger partial charge in [0.15, 0.2) is 0 Å². The molecule has 1 aliphatic rings. The third kappa shape index (κ3) is 3.96. The van der Waals surface area contributed by atoms with Gasteiger partial charge in [0.2, 0.25) is 5.91 Å². The van der Waals surface area contributed by atoms with Crippen LogP contribution in [-0.2, 0) is 14.3 Å². The minimum absolute atomic E-state index is 0.0963. The van der Waals surface area contributed by atoms with Crippen molar-refractivity contribution >= 4 is 12.0 Å². The summed E-state index contributed by atoms with van der Waals surface area (Å²) in [6, 6.07) is -0.693. The maximum atomic E-state index is 12.3. The monoisotopic (exact) mass is 284 g/mol. The Morgan fingerprint density at radius 2 is 2.10 bits per heavy atom. The van der Waals surface area contributed by atoms with Gasteiger partial charge >= 0.3 is 6.09 Å². The normalized spacial score (nSPS) is 21.4. The van der Waals surface area contributed by atoms with Crippen LogP contribution in [0.15, 0.2) is 12.7 Å². The average molecular weight is 284 g/mol. The maximum absolute atomic E-state index is 12.3. The molecule has 1 rings (SSSR count). The fourth-order valence-corrected chi connectivity index (χ4v) is 1.99. The molecule has 0 aromatic carbocycles. The summed E-state index contributed by atoms with van der Waals surface area (Å²) in [6.07, 6.45) is 0.896. The van der Waals surface area contributed by atoms with Crippen LogP contribution in [0.1, 0.15) is 34.6 Å². The van der Waals surface area contributed by atoms with Crippen LogP contribution in [0.5, 0.6) is 0 Å². The lowest BCUT2D eigenvalue weighted by Gasteiger charge is -2.33. The Kier molecular flexibility index (Phi) is 4.81. The van der Waals surface area contributed by atoms with E-state index in [2.05, 4.69) is 11.9 Å². The number of nitrogens with zero attached hydrogens (tertiary/aromatic N) is 1. The summed E-state index contributed by atoms with van der Waals surface area (Å²) in [5.74, 6) is -0.251. The van der Waals surface area contributed by atoms with Crippen LogP contribution in [0.2, 0.25) is 0 Å². The van der Waals surface area contributed by atoms with Gasteiger partial charge in [-0.2, -0.15) is 0 Å². The molecule has 2 amide bonds. The van der Waals surface area contributed by atoms with Crippen molar-refractivity contribution in [3.8, 4) is 0 Å². The van der Waals surface area contributed by atoms with E-state index in [0.717, 1.165) is 0 Å². The van der Waals surface area contributed by atoms with Crippen molar-refractivity contribution in [2.75, 3.05) is 13.2 Å². The van der Waals surface area contributed by atoms with E-state index in [1.54, 1.807) is 13.8 Å². The maximum Gasteiger partial charge on any atom is 0.413 e. The van der Waals surface area contributed by atoms with Crippen molar-refractivity contribution in [2.45, 2.75) is 51.9 Å². The van der Waals surface area contributed by atoms with E-state index in [0.29, 0.717) is 0 Å². The van der Waals surface area contributed by atoms with Gasteiger partial charge in [0.05, 0.1) is 6.61 Å². The first-order valence-corrected chi connectivity index (χ1v) is 6.61. The van der Waals surface area contributed by atoms with E-state index in [-0.39, 0.29) is 24.7 Å². The molecule has 0 aliphatic carbocycles. The Morgan fingerprint density at radius 1 is 1.50 bits per heavy atom. The molecule has 20 heavy (non-hydrogen) atoms. The third-order valence-corrected chi connectivity index (χ3v) is 2.81. The van der Waals surface area contributed by atoms with Crippen molar-refractivity contribution in [2.24, 2.45) is 0 Å². The van der Waals surface area contributed by atoms with Crippen LogP contribution in [-0.4, -0.2) is 47.4 Å². The second-order valence-corrected chi connectivity index (χ2v) is 6.25. The highest BCUT2D eigenvalue weighted by atomic mass is 16.6. The van der Waals surface area contributed by atoms with E-state index >= 15 is 0 Å². The highest BCUT2D eigenvalue weighted by Crippen LogP contribution is 2.28. The predicted molar refractivity (Wildman–Crippen MR) is 75.1 cm³/mol. The van der Waals surface area contributed by atoms with Crippen LogP contribution >= 0.6 is 0 Å². The van der Waals surface area contributed by atoms with Gasteiger partial charge in [-0.15, -0.1) is 0 Å². The van der Waals surface area contributed by atoms with Gasteiger partial charge in [-0.1, -0.05) is 12.7 Å². The first kappa shape index (κ1) is 16.5. The Labute approximate surface area is 120 Å². The lowest BCUT2D eigenvalue weighted by molar-refractivity contribution is -0.127. The number of nitrogens with one attached hydrogen (secondary N) is 1. The molecule has 6 heteroatoms. The molecule has 0 aromatic rings. The molecule has 0 bridgehead atoms. The van der Waals surface area contributed by atoms with E-state index in [1.807, 2.05) is 20.8 Å². The number of rotatable bonds is 3. The van der Waals surface area contributed by atoms with Gasteiger partial charge in [-0.25, -0.2) is 4.79 Å². The summed E-state index contributed by atoms with van der Waals surface area (Å²) in [7, 11) is 0. The van der Waals surface area contributed by atoms with Crippen molar-refractivity contribution in [1.29, 1.82) is 0 Å². The zero-order chi connectivity index (χ0) is 15.6. The van der Waals surface area contributed by atoms with Gasteiger partial charge in [-0.05, 0) is 34.6 Å². The molecule has 1 atom stereocenters. The molecule has 0 radical (unpaired) electrons. The van der Waals surface area contributed by atoms with E-state index in [4.69, 9.17) is 9.47 Å². The topological polar surface area (TPSA) is 67.9 Å². The smallest absolute Gasteiger partial charge is 0.413 e. The summed E-state index contributed by atoms with van der Waals surface area (Å²) < 4.78 is 10.6. The van der Waals surface area contributed by atoms with Gasteiger partial charge < -0.3 is 14.8 Å². The molecule has 1 aliphatic heterocycles. The number of amides is 2. The lowest BCUT2D eigenvalue weighted by atomic mass is 10.1. The SMILES string of the molecule is C=CCOC(=O)N1C(C(=O)NC(C)(C)C)COC1(C)C. The highest BCUT2D eigenvalue weighted by Gasteiger charge is 2.48.